The van der Waals surface area contributed by atoms with Crippen LogP contribution in [0.15, 0.2) is 9.81 Å². The molecule has 0 radical (unpaired) electrons. The Labute approximate surface area is 86.2 Å². The summed E-state index contributed by atoms with van der Waals surface area (Å²) in [5.74, 6) is 1.19. The van der Waals surface area contributed by atoms with Crippen LogP contribution in [0.2, 0.25) is 19.6 Å². The second-order valence-electron chi connectivity index (χ2n) is 3.93. The third-order valence-corrected chi connectivity index (χ3v) is 6.74. The lowest BCUT2D eigenvalue weighted by atomic mass is 10.4. The molecule has 0 aromatic heterocycles. The first-order valence-corrected chi connectivity index (χ1v) is 10.4. The standard InChI is InChI=1S/C9H20S2Si/c1-7-10-9(8(2)3)11-12(4,5)6/h7H2,1-6H3. The molecule has 12 heavy (non-hydrogen) atoms. The smallest absolute Gasteiger partial charge is 0.115 e. The summed E-state index contributed by atoms with van der Waals surface area (Å²) < 4.78 is 1.55. The Bertz CT molecular complexity index is 164. The summed E-state index contributed by atoms with van der Waals surface area (Å²) in [5, 5.41) is 0. The molecular weight excluding hydrogens is 200 g/mol. The Morgan fingerprint density at radius 2 is 1.67 bits per heavy atom. The lowest BCUT2D eigenvalue weighted by Crippen LogP contribution is -2.13. The summed E-state index contributed by atoms with van der Waals surface area (Å²) >= 11 is 4.10. The zero-order valence-corrected chi connectivity index (χ0v) is 11.7. The van der Waals surface area contributed by atoms with Crippen LogP contribution in [0, 0.1) is 0 Å². The lowest BCUT2D eigenvalue weighted by Gasteiger charge is -2.18. The Kier molecular flexibility index (Phi) is 5.70. The van der Waals surface area contributed by atoms with Gasteiger partial charge in [-0.2, -0.15) is 0 Å². The van der Waals surface area contributed by atoms with Crippen LogP contribution in [0.4, 0.5) is 0 Å². The van der Waals surface area contributed by atoms with Gasteiger partial charge in [-0.1, -0.05) is 32.1 Å². The van der Waals surface area contributed by atoms with Crippen molar-refractivity contribution in [2.75, 3.05) is 5.75 Å². The van der Waals surface area contributed by atoms with Crippen molar-refractivity contribution in [2.45, 2.75) is 40.4 Å². The topological polar surface area (TPSA) is 0 Å². The molecule has 3 heteroatoms. The number of hydrogen-bond acceptors (Lipinski definition) is 2. The van der Waals surface area contributed by atoms with Crippen LogP contribution in [-0.2, 0) is 0 Å². The molecule has 0 nitrogen and oxygen atoms in total. The van der Waals surface area contributed by atoms with Crippen LogP contribution in [0.1, 0.15) is 20.8 Å². The average Bonchev–Trinajstić information content (AvgIpc) is 1.83. The van der Waals surface area contributed by atoms with E-state index in [0.717, 1.165) is 0 Å². The van der Waals surface area contributed by atoms with E-state index >= 15 is 0 Å². The molecule has 0 aromatic carbocycles. The SMILES string of the molecule is CCSC(S[Si](C)(C)C)=C(C)C. The second kappa shape index (κ2) is 5.40. The maximum absolute atomic E-state index is 2.40. The maximum atomic E-state index is 2.40. The number of thioether (sulfide) groups is 1. The molecule has 0 atom stereocenters. The van der Waals surface area contributed by atoms with E-state index in [2.05, 4.69) is 51.6 Å². The molecule has 0 aliphatic carbocycles. The van der Waals surface area contributed by atoms with Crippen molar-refractivity contribution in [3.63, 3.8) is 0 Å². The highest BCUT2D eigenvalue weighted by Gasteiger charge is 2.17. The minimum atomic E-state index is -0.982. The summed E-state index contributed by atoms with van der Waals surface area (Å²) in [5.41, 5.74) is 1.48. The molecule has 0 amide bonds. The lowest BCUT2D eigenvalue weighted by molar-refractivity contribution is 1.40. The minimum absolute atomic E-state index is 0.982. The van der Waals surface area contributed by atoms with Gasteiger partial charge in [0.2, 0.25) is 0 Å². The van der Waals surface area contributed by atoms with E-state index in [1.165, 1.54) is 11.3 Å². The largest absolute Gasteiger partial charge is 0.145 e. The predicted octanol–water partition coefficient (Wildman–Crippen LogP) is 4.56. The summed E-state index contributed by atoms with van der Waals surface area (Å²) in [4.78, 5) is 0. The van der Waals surface area contributed by atoms with Crippen LogP contribution >= 0.6 is 23.0 Å². The van der Waals surface area contributed by atoms with Crippen LogP contribution in [0.3, 0.4) is 0 Å². The molecule has 72 valence electrons. The fourth-order valence-corrected chi connectivity index (χ4v) is 7.65. The van der Waals surface area contributed by atoms with Gasteiger partial charge in [0.1, 0.15) is 7.22 Å². The highest BCUT2D eigenvalue weighted by Crippen LogP contribution is 2.37. The van der Waals surface area contributed by atoms with Crippen molar-refractivity contribution in [3.05, 3.63) is 9.81 Å². The van der Waals surface area contributed by atoms with Gasteiger partial charge in [0.25, 0.3) is 0 Å². The van der Waals surface area contributed by atoms with Gasteiger partial charge < -0.3 is 0 Å². The van der Waals surface area contributed by atoms with Crippen molar-refractivity contribution < 1.29 is 0 Å². The van der Waals surface area contributed by atoms with E-state index in [-0.39, 0.29) is 0 Å². The average molecular weight is 220 g/mol. The van der Waals surface area contributed by atoms with E-state index < -0.39 is 7.22 Å². The molecule has 0 saturated carbocycles. The Morgan fingerprint density at radius 3 is 1.92 bits per heavy atom. The molecule has 0 aliphatic rings. The molecule has 0 bridgehead atoms. The maximum Gasteiger partial charge on any atom is 0.115 e. The quantitative estimate of drug-likeness (QED) is 0.637. The fourth-order valence-electron chi connectivity index (χ4n) is 0.685. The van der Waals surface area contributed by atoms with E-state index in [1.807, 2.05) is 11.8 Å². The third kappa shape index (κ3) is 6.20. The number of hydrogen-bond donors (Lipinski definition) is 0. The highest BCUT2D eigenvalue weighted by atomic mass is 32.4. The number of allylic oxidation sites excluding steroid dienone is 1. The van der Waals surface area contributed by atoms with Crippen molar-refractivity contribution in [2.24, 2.45) is 0 Å². The van der Waals surface area contributed by atoms with Gasteiger partial charge in [-0.3, -0.25) is 0 Å². The van der Waals surface area contributed by atoms with Gasteiger partial charge in [-0.15, -0.1) is 23.0 Å². The molecule has 0 heterocycles. The summed E-state index contributed by atoms with van der Waals surface area (Å²) in [6.45, 7) is 13.8. The Balaban J connectivity index is 4.26. The monoisotopic (exact) mass is 220 g/mol. The van der Waals surface area contributed by atoms with E-state index in [1.54, 1.807) is 4.24 Å². The summed E-state index contributed by atoms with van der Waals surface area (Å²) in [6, 6.07) is 0. The van der Waals surface area contributed by atoms with Crippen LogP contribution < -0.4 is 0 Å². The fraction of sp³-hybridized carbons (Fsp3) is 0.778. The molecule has 0 spiro atoms. The van der Waals surface area contributed by atoms with Crippen molar-refractivity contribution in [3.8, 4) is 0 Å². The first-order chi connectivity index (χ1) is 5.37. The predicted molar refractivity (Wildman–Crippen MR) is 67.4 cm³/mol. The zero-order valence-electron chi connectivity index (χ0n) is 9.02. The molecule has 0 aromatic rings. The third-order valence-electron chi connectivity index (χ3n) is 1.08. The molecule has 0 rings (SSSR count). The van der Waals surface area contributed by atoms with Gasteiger partial charge in [-0.25, -0.2) is 0 Å². The van der Waals surface area contributed by atoms with Crippen LogP contribution in [-0.4, -0.2) is 13.0 Å². The van der Waals surface area contributed by atoms with E-state index in [9.17, 15) is 0 Å². The Morgan fingerprint density at radius 1 is 1.17 bits per heavy atom. The molecular formula is C9H20S2Si. The van der Waals surface area contributed by atoms with Gasteiger partial charge >= 0.3 is 0 Å². The van der Waals surface area contributed by atoms with Crippen molar-refractivity contribution in [1.82, 2.24) is 0 Å². The normalized spacial score (nSPS) is 11.5. The molecule has 0 saturated heterocycles. The first kappa shape index (κ1) is 12.7. The summed E-state index contributed by atoms with van der Waals surface area (Å²) in [7, 11) is -0.982. The van der Waals surface area contributed by atoms with Gasteiger partial charge in [0, 0.05) is 4.24 Å². The molecule has 0 aliphatic heterocycles. The van der Waals surface area contributed by atoms with E-state index in [0.29, 0.717) is 0 Å². The van der Waals surface area contributed by atoms with E-state index in [4.69, 9.17) is 0 Å². The minimum Gasteiger partial charge on any atom is -0.145 e. The highest BCUT2D eigenvalue weighted by molar-refractivity contribution is 8.39. The summed E-state index contributed by atoms with van der Waals surface area (Å²) in [6.07, 6.45) is 0. The van der Waals surface area contributed by atoms with Gasteiger partial charge in [0.15, 0.2) is 0 Å². The molecule has 0 N–H and O–H groups in total. The number of rotatable bonds is 4. The van der Waals surface area contributed by atoms with Crippen molar-refractivity contribution >= 4 is 30.2 Å². The van der Waals surface area contributed by atoms with Gasteiger partial charge in [0.05, 0.1) is 0 Å². The Hall–Kier alpha value is 0.657. The molecule has 0 fully saturated rings. The van der Waals surface area contributed by atoms with Crippen molar-refractivity contribution in [1.29, 1.82) is 0 Å². The van der Waals surface area contributed by atoms with Crippen LogP contribution in [0.25, 0.3) is 0 Å². The first-order valence-electron chi connectivity index (χ1n) is 4.36. The zero-order chi connectivity index (χ0) is 9.78. The van der Waals surface area contributed by atoms with Crippen LogP contribution in [0.5, 0.6) is 0 Å². The van der Waals surface area contributed by atoms with Gasteiger partial charge in [-0.05, 0) is 19.6 Å². The second-order valence-corrected chi connectivity index (χ2v) is 14.6. The molecule has 0 unspecified atom stereocenters.